The molecule has 186 valence electrons. The van der Waals surface area contributed by atoms with Crippen molar-refractivity contribution in [2.24, 2.45) is 4.99 Å². The summed E-state index contributed by atoms with van der Waals surface area (Å²) in [4.78, 5) is 4.94. The average molecular weight is 495 g/mol. The van der Waals surface area contributed by atoms with Crippen molar-refractivity contribution in [2.45, 2.75) is 39.0 Å². The van der Waals surface area contributed by atoms with Gasteiger partial charge in [0.1, 0.15) is 11.3 Å². The van der Waals surface area contributed by atoms with Crippen LogP contribution in [0.1, 0.15) is 55.1 Å². The quantitative estimate of drug-likeness (QED) is 0.229. The smallest absolute Gasteiger partial charge is 0.135 e. The lowest BCUT2D eigenvalue weighted by atomic mass is 10.1. The van der Waals surface area contributed by atoms with E-state index in [9.17, 15) is 0 Å². The highest BCUT2D eigenvalue weighted by molar-refractivity contribution is 6.13. The predicted octanol–water partition coefficient (Wildman–Crippen LogP) is 9.56. The molecule has 3 heteroatoms. The molecule has 7 rings (SSSR count). The van der Waals surface area contributed by atoms with Gasteiger partial charge in [0.15, 0.2) is 0 Å². The fourth-order valence-corrected chi connectivity index (χ4v) is 5.87. The molecule has 0 unspecified atom stereocenters. The van der Waals surface area contributed by atoms with Crippen LogP contribution in [0.15, 0.2) is 101 Å². The summed E-state index contributed by atoms with van der Waals surface area (Å²) in [5, 5.41) is 3.66. The van der Waals surface area contributed by atoms with E-state index >= 15 is 0 Å². The van der Waals surface area contributed by atoms with E-state index in [1.54, 1.807) is 0 Å². The number of aryl methyl sites for hydroxylation is 1. The van der Waals surface area contributed by atoms with E-state index < -0.39 is 0 Å². The van der Waals surface area contributed by atoms with Crippen LogP contribution in [0.5, 0.6) is 0 Å². The van der Waals surface area contributed by atoms with Crippen molar-refractivity contribution in [1.29, 1.82) is 0 Å². The minimum Gasteiger partial charge on any atom is -0.460 e. The summed E-state index contributed by atoms with van der Waals surface area (Å²) in [5.41, 5.74) is 9.61. The molecule has 2 aromatic heterocycles. The SMILES string of the molecule is C=C(/N=C(\C)c1ccc2c(c1)c1ccccc1n2C1=CCCC=C1)c1ccc2c3c(oc2c1)CCCC=C3. The third kappa shape index (κ3) is 3.78. The standard InChI is InChI=1S/C35H30N2O/c1-23(36-24(2)26-17-19-30-29-14-7-4-8-16-34(29)38-35(30)22-26)25-18-20-33-31(21-25)28-13-9-10-15-32(28)37(33)27-11-5-3-6-12-27/h5,7,9-15,17-22H,2-4,6,8,16H2,1H3/b36-23+. The molecule has 0 bridgehead atoms. The Morgan fingerprint density at radius 3 is 2.58 bits per heavy atom. The molecular weight excluding hydrogens is 464 g/mol. The number of para-hydroxylation sites is 1. The first-order valence-corrected chi connectivity index (χ1v) is 13.5. The molecule has 0 spiro atoms. The normalized spacial score (nSPS) is 15.7. The maximum absolute atomic E-state index is 6.24. The first kappa shape index (κ1) is 22.8. The number of aromatic nitrogens is 1. The molecule has 0 saturated heterocycles. The van der Waals surface area contributed by atoms with Crippen molar-refractivity contribution in [3.8, 4) is 0 Å². The molecule has 0 radical (unpaired) electrons. The predicted molar refractivity (Wildman–Crippen MR) is 162 cm³/mol. The number of allylic oxidation sites excluding steroid dienone is 5. The lowest BCUT2D eigenvalue weighted by Gasteiger charge is -2.12. The number of hydrogen-bond donors (Lipinski definition) is 0. The van der Waals surface area contributed by atoms with Crippen LogP contribution in [-0.4, -0.2) is 10.3 Å². The Labute approximate surface area is 222 Å². The lowest BCUT2D eigenvalue weighted by Crippen LogP contribution is -1.98. The number of nitrogens with zero attached hydrogens (tertiary/aromatic N) is 2. The zero-order valence-electron chi connectivity index (χ0n) is 21.7. The van der Waals surface area contributed by atoms with Crippen molar-refractivity contribution >= 4 is 56.0 Å². The highest BCUT2D eigenvalue weighted by atomic mass is 16.3. The summed E-state index contributed by atoms with van der Waals surface area (Å²) in [6.07, 6.45) is 16.7. The molecule has 5 aromatic rings. The topological polar surface area (TPSA) is 30.4 Å². The molecule has 2 aliphatic carbocycles. The third-order valence-corrected chi connectivity index (χ3v) is 7.82. The van der Waals surface area contributed by atoms with Crippen molar-refractivity contribution in [1.82, 2.24) is 4.57 Å². The molecule has 2 aliphatic rings. The summed E-state index contributed by atoms with van der Waals surface area (Å²) in [7, 11) is 0. The van der Waals surface area contributed by atoms with Crippen LogP contribution < -0.4 is 0 Å². The van der Waals surface area contributed by atoms with Crippen LogP contribution in [0.2, 0.25) is 0 Å². The van der Waals surface area contributed by atoms with Crippen molar-refractivity contribution in [3.63, 3.8) is 0 Å². The van der Waals surface area contributed by atoms with Crippen molar-refractivity contribution in [2.75, 3.05) is 0 Å². The maximum atomic E-state index is 6.24. The Bertz CT molecular complexity index is 1870. The number of furan rings is 1. The second-order valence-corrected chi connectivity index (χ2v) is 10.3. The fraction of sp³-hybridized carbons (Fsp3) is 0.171. The fourth-order valence-electron chi connectivity index (χ4n) is 5.87. The summed E-state index contributed by atoms with van der Waals surface area (Å²) in [6, 6.07) is 21.7. The van der Waals surface area contributed by atoms with Gasteiger partial charge in [-0.1, -0.05) is 61.2 Å². The van der Waals surface area contributed by atoms with Gasteiger partial charge in [0, 0.05) is 45.1 Å². The molecule has 3 aromatic carbocycles. The van der Waals surface area contributed by atoms with E-state index in [0.717, 1.165) is 66.0 Å². The molecule has 3 nitrogen and oxygen atoms in total. The monoisotopic (exact) mass is 494 g/mol. The summed E-state index contributed by atoms with van der Waals surface area (Å²) < 4.78 is 8.62. The first-order chi connectivity index (χ1) is 18.7. The van der Waals surface area contributed by atoms with E-state index in [2.05, 4.69) is 109 Å². The zero-order valence-corrected chi connectivity index (χ0v) is 21.7. The molecule has 0 aliphatic heterocycles. The molecule has 0 saturated carbocycles. The molecule has 0 atom stereocenters. The Hall–Kier alpha value is -4.37. The van der Waals surface area contributed by atoms with Gasteiger partial charge in [-0.25, -0.2) is 0 Å². The zero-order chi connectivity index (χ0) is 25.6. The van der Waals surface area contributed by atoms with Gasteiger partial charge in [0.25, 0.3) is 0 Å². The van der Waals surface area contributed by atoms with Gasteiger partial charge in [0.05, 0.1) is 16.7 Å². The second kappa shape index (κ2) is 9.18. The van der Waals surface area contributed by atoms with Gasteiger partial charge in [-0.05, 0) is 74.6 Å². The maximum Gasteiger partial charge on any atom is 0.135 e. The Kier molecular flexibility index (Phi) is 5.51. The first-order valence-electron chi connectivity index (χ1n) is 13.5. The van der Waals surface area contributed by atoms with Gasteiger partial charge in [0.2, 0.25) is 0 Å². The Morgan fingerprint density at radius 2 is 1.68 bits per heavy atom. The van der Waals surface area contributed by atoms with E-state index in [0.29, 0.717) is 0 Å². The minimum atomic E-state index is 0.742. The molecular formula is C35H30N2O. The number of aliphatic imine (C=N–C) groups is 1. The number of fused-ring (bicyclic) bond motifs is 6. The van der Waals surface area contributed by atoms with Crippen molar-refractivity contribution < 1.29 is 4.42 Å². The highest BCUT2D eigenvalue weighted by Crippen LogP contribution is 2.35. The average Bonchev–Trinajstić information content (AvgIpc) is 3.37. The largest absolute Gasteiger partial charge is 0.460 e. The van der Waals surface area contributed by atoms with Gasteiger partial charge in [-0.15, -0.1) is 0 Å². The van der Waals surface area contributed by atoms with Crippen LogP contribution in [0, 0.1) is 0 Å². The molecule has 0 N–H and O–H groups in total. The molecule has 0 fully saturated rings. The van der Waals surface area contributed by atoms with Gasteiger partial charge in [-0.3, -0.25) is 4.99 Å². The van der Waals surface area contributed by atoms with Gasteiger partial charge in [-0.2, -0.15) is 0 Å². The van der Waals surface area contributed by atoms with E-state index in [1.165, 1.54) is 38.5 Å². The van der Waals surface area contributed by atoms with E-state index in [4.69, 9.17) is 9.41 Å². The second-order valence-electron chi connectivity index (χ2n) is 10.3. The van der Waals surface area contributed by atoms with Gasteiger partial charge < -0.3 is 8.98 Å². The third-order valence-electron chi connectivity index (χ3n) is 7.82. The number of benzene rings is 3. The summed E-state index contributed by atoms with van der Waals surface area (Å²) >= 11 is 0. The van der Waals surface area contributed by atoms with Crippen molar-refractivity contribution in [3.05, 3.63) is 114 Å². The molecule has 38 heavy (non-hydrogen) atoms. The van der Waals surface area contributed by atoms with Crippen LogP contribution in [-0.2, 0) is 6.42 Å². The lowest BCUT2D eigenvalue weighted by molar-refractivity contribution is 0.540. The molecule has 0 amide bonds. The van der Waals surface area contributed by atoms with Crippen LogP contribution >= 0.6 is 0 Å². The van der Waals surface area contributed by atoms with Crippen LogP contribution in [0.3, 0.4) is 0 Å². The Balaban J connectivity index is 1.26. The summed E-state index contributed by atoms with van der Waals surface area (Å²) in [6.45, 7) is 6.38. The van der Waals surface area contributed by atoms with E-state index in [-0.39, 0.29) is 0 Å². The number of rotatable bonds is 4. The van der Waals surface area contributed by atoms with Gasteiger partial charge >= 0.3 is 0 Å². The summed E-state index contributed by atoms with van der Waals surface area (Å²) in [5.74, 6) is 1.09. The highest BCUT2D eigenvalue weighted by Gasteiger charge is 2.16. The molecule has 2 heterocycles. The number of hydrogen-bond acceptors (Lipinski definition) is 2. The van der Waals surface area contributed by atoms with Crippen LogP contribution in [0.25, 0.3) is 50.2 Å². The van der Waals surface area contributed by atoms with Crippen LogP contribution in [0.4, 0.5) is 0 Å². The Morgan fingerprint density at radius 1 is 0.842 bits per heavy atom. The van der Waals surface area contributed by atoms with E-state index in [1.807, 2.05) is 0 Å². The minimum absolute atomic E-state index is 0.742.